The highest BCUT2D eigenvalue weighted by Gasteiger charge is 2.13. The molecule has 6 heteroatoms. The average Bonchev–Trinajstić information content (AvgIpc) is 2.67. The number of ether oxygens (including phenoxy) is 1. The highest BCUT2D eigenvalue weighted by molar-refractivity contribution is 14.0. The molecule has 2 rings (SSSR count). The van der Waals surface area contributed by atoms with Crippen molar-refractivity contribution in [2.45, 2.75) is 64.6 Å². The maximum atomic E-state index is 6.00. The Morgan fingerprint density at radius 3 is 2.50 bits per heavy atom. The van der Waals surface area contributed by atoms with Crippen LogP contribution in [0.2, 0.25) is 0 Å². The zero-order valence-electron chi connectivity index (χ0n) is 17.9. The lowest BCUT2D eigenvalue weighted by Crippen LogP contribution is -2.38. The lowest BCUT2D eigenvalue weighted by molar-refractivity contribution is 0.0277. The van der Waals surface area contributed by atoms with Crippen LogP contribution in [0.3, 0.4) is 0 Å². The maximum absolute atomic E-state index is 6.00. The molecular weight excluding hydrogens is 463 g/mol. The molecule has 0 aromatic heterocycles. The summed E-state index contributed by atoms with van der Waals surface area (Å²) in [5.41, 5.74) is 2.62. The van der Waals surface area contributed by atoms with Gasteiger partial charge in [0.1, 0.15) is 0 Å². The number of aliphatic imine (C=N–C) groups is 1. The summed E-state index contributed by atoms with van der Waals surface area (Å²) < 4.78 is 6.00. The maximum Gasteiger partial charge on any atom is 0.191 e. The zero-order chi connectivity index (χ0) is 19.3. The van der Waals surface area contributed by atoms with E-state index in [4.69, 9.17) is 9.73 Å². The van der Waals surface area contributed by atoms with E-state index in [1.165, 1.54) is 43.2 Å². The van der Waals surface area contributed by atoms with Crippen molar-refractivity contribution in [1.82, 2.24) is 15.5 Å². The van der Waals surface area contributed by atoms with Gasteiger partial charge in [0.15, 0.2) is 5.96 Å². The highest BCUT2D eigenvalue weighted by atomic mass is 127. The first-order chi connectivity index (χ1) is 13.2. The molecule has 0 bridgehead atoms. The number of nitrogens with zero attached hydrogens (tertiary/aromatic N) is 2. The Labute approximate surface area is 188 Å². The molecule has 5 nitrogen and oxygen atoms in total. The van der Waals surface area contributed by atoms with Gasteiger partial charge in [-0.2, -0.15) is 0 Å². The van der Waals surface area contributed by atoms with Gasteiger partial charge in [-0.05, 0) is 51.4 Å². The predicted molar refractivity (Wildman–Crippen MR) is 130 cm³/mol. The van der Waals surface area contributed by atoms with Gasteiger partial charge in [0, 0.05) is 26.2 Å². The third-order valence-corrected chi connectivity index (χ3v) is 4.88. The standard InChI is InChI=1S/C22H38N4O.HI/c1-4-23-22(24-15-10-16-27-21-13-6-5-7-14-21)25-17-19-11-8-9-12-20(19)18-26(2)3;/h8-9,11-12,21H,4-7,10,13-18H2,1-3H3,(H2,23,24,25);1H. The molecule has 1 aliphatic rings. The van der Waals surface area contributed by atoms with Crippen LogP contribution in [0.4, 0.5) is 0 Å². The smallest absolute Gasteiger partial charge is 0.191 e. The summed E-state index contributed by atoms with van der Waals surface area (Å²) >= 11 is 0. The van der Waals surface area contributed by atoms with Crippen molar-refractivity contribution in [2.75, 3.05) is 33.8 Å². The van der Waals surface area contributed by atoms with Gasteiger partial charge in [0.25, 0.3) is 0 Å². The first-order valence-electron chi connectivity index (χ1n) is 10.5. The number of hydrogen-bond donors (Lipinski definition) is 2. The Morgan fingerprint density at radius 2 is 1.82 bits per heavy atom. The highest BCUT2D eigenvalue weighted by Crippen LogP contribution is 2.20. The fourth-order valence-corrected chi connectivity index (χ4v) is 3.47. The van der Waals surface area contributed by atoms with E-state index in [-0.39, 0.29) is 24.0 Å². The van der Waals surface area contributed by atoms with Crippen molar-refractivity contribution in [3.63, 3.8) is 0 Å². The van der Waals surface area contributed by atoms with Gasteiger partial charge < -0.3 is 20.3 Å². The van der Waals surface area contributed by atoms with Gasteiger partial charge in [-0.3, -0.25) is 0 Å². The summed E-state index contributed by atoms with van der Waals surface area (Å²) in [4.78, 5) is 6.97. The number of guanidine groups is 1. The van der Waals surface area contributed by atoms with Crippen LogP contribution in [0.25, 0.3) is 0 Å². The molecule has 0 spiro atoms. The van der Waals surface area contributed by atoms with Gasteiger partial charge in [0.05, 0.1) is 12.6 Å². The fourth-order valence-electron chi connectivity index (χ4n) is 3.47. The molecule has 1 saturated carbocycles. The van der Waals surface area contributed by atoms with E-state index in [2.05, 4.69) is 60.8 Å². The summed E-state index contributed by atoms with van der Waals surface area (Å²) in [5, 5.41) is 6.78. The summed E-state index contributed by atoms with van der Waals surface area (Å²) in [7, 11) is 4.20. The molecule has 0 amide bonds. The molecule has 0 radical (unpaired) electrons. The normalized spacial score (nSPS) is 15.4. The third-order valence-electron chi connectivity index (χ3n) is 4.88. The largest absolute Gasteiger partial charge is 0.378 e. The van der Waals surface area contributed by atoms with Crippen molar-refractivity contribution >= 4 is 29.9 Å². The molecule has 1 aromatic rings. The van der Waals surface area contributed by atoms with Gasteiger partial charge in [0.2, 0.25) is 0 Å². The van der Waals surface area contributed by atoms with Gasteiger partial charge >= 0.3 is 0 Å². The average molecular weight is 502 g/mol. The number of rotatable bonds is 10. The quantitative estimate of drug-likeness (QED) is 0.218. The molecule has 2 N–H and O–H groups in total. The van der Waals surface area contributed by atoms with E-state index >= 15 is 0 Å². The van der Waals surface area contributed by atoms with E-state index < -0.39 is 0 Å². The van der Waals surface area contributed by atoms with E-state index in [0.717, 1.165) is 38.6 Å². The minimum Gasteiger partial charge on any atom is -0.378 e. The van der Waals surface area contributed by atoms with E-state index in [9.17, 15) is 0 Å². The number of hydrogen-bond acceptors (Lipinski definition) is 3. The second-order valence-electron chi connectivity index (χ2n) is 7.61. The molecule has 160 valence electrons. The van der Waals surface area contributed by atoms with Gasteiger partial charge in [-0.15, -0.1) is 24.0 Å². The van der Waals surface area contributed by atoms with Crippen molar-refractivity contribution in [3.8, 4) is 0 Å². The van der Waals surface area contributed by atoms with Crippen LogP contribution in [-0.4, -0.2) is 50.8 Å². The minimum atomic E-state index is 0. The van der Waals surface area contributed by atoms with Crippen LogP contribution in [0.15, 0.2) is 29.3 Å². The van der Waals surface area contributed by atoms with Crippen LogP contribution in [0, 0.1) is 0 Å². The van der Waals surface area contributed by atoms with Crippen molar-refractivity contribution in [1.29, 1.82) is 0 Å². The second-order valence-corrected chi connectivity index (χ2v) is 7.61. The lowest BCUT2D eigenvalue weighted by atomic mass is 9.98. The fraction of sp³-hybridized carbons (Fsp3) is 0.682. The van der Waals surface area contributed by atoms with Crippen LogP contribution in [-0.2, 0) is 17.8 Å². The molecular formula is C22H39IN4O. The van der Waals surface area contributed by atoms with E-state index in [0.29, 0.717) is 12.6 Å². The number of halogens is 1. The molecule has 1 aromatic carbocycles. The molecule has 0 heterocycles. The lowest BCUT2D eigenvalue weighted by Gasteiger charge is -2.22. The Hall–Kier alpha value is -0.860. The summed E-state index contributed by atoms with van der Waals surface area (Å²) in [6.07, 6.45) is 8.02. The molecule has 0 saturated heterocycles. The van der Waals surface area contributed by atoms with Crippen LogP contribution in [0.1, 0.15) is 56.6 Å². The molecule has 28 heavy (non-hydrogen) atoms. The van der Waals surface area contributed by atoms with Crippen LogP contribution in [0.5, 0.6) is 0 Å². The molecule has 1 fully saturated rings. The van der Waals surface area contributed by atoms with Crippen molar-refractivity contribution in [2.24, 2.45) is 4.99 Å². The van der Waals surface area contributed by atoms with Crippen molar-refractivity contribution in [3.05, 3.63) is 35.4 Å². The predicted octanol–water partition coefficient (Wildman–Crippen LogP) is 4.16. The van der Waals surface area contributed by atoms with Gasteiger partial charge in [-0.25, -0.2) is 4.99 Å². The Morgan fingerprint density at radius 1 is 1.11 bits per heavy atom. The second kappa shape index (κ2) is 15.0. The number of nitrogens with one attached hydrogen (secondary N) is 2. The first kappa shape index (κ1) is 25.2. The van der Waals surface area contributed by atoms with Crippen molar-refractivity contribution < 1.29 is 4.74 Å². The van der Waals surface area contributed by atoms with E-state index in [1.54, 1.807) is 0 Å². The molecule has 0 atom stereocenters. The Kier molecular flexibility index (Phi) is 13.5. The van der Waals surface area contributed by atoms with Crippen LogP contribution < -0.4 is 10.6 Å². The topological polar surface area (TPSA) is 48.9 Å². The van der Waals surface area contributed by atoms with Gasteiger partial charge in [-0.1, -0.05) is 43.5 Å². The molecule has 0 aliphatic heterocycles. The summed E-state index contributed by atoms with van der Waals surface area (Å²) in [6.45, 7) is 6.32. The minimum absolute atomic E-state index is 0. The monoisotopic (exact) mass is 502 g/mol. The van der Waals surface area contributed by atoms with Crippen LogP contribution >= 0.6 is 24.0 Å². The first-order valence-corrected chi connectivity index (χ1v) is 10.5. The zero-order valence-corrected chi connectivity index (χ0v) is 20.2. The Bertz CT molecular complexity index is 559. The molecule has 0 unspecified atom stereocenters. The molecule has 1 aliphatic carbocycles. The third kappa shape index (κ3) is 10.1. The summed E-state index contributed by atoms with van der Waals surface area (Å²) in [6, 6.07) is 8.55. The SMILES string of the molecule is CCNC(=NCc1ccccc1CN(C)C)NCCCOC1CCCCC1.I. The summed E-state index contributed by atoms with van der Waals surface area (Å²) in [5.74, 6) is 0.884. The Balaban J connectivity index is 0.00000392. The van der Waals surface area contributed by atoms with E-state index in [1.807, 2.05) is 0 Å². The number of benzene rings is 1.